The number of furan rings is 1. The summed E-state index contributed by atoms with van der Waals surface area (Å²) < 4.78 is 17.2. The van der Waals surface area contributed by atoms with Crippen molar-refractivity contribution < 1.29 is 18.7 Å². The van der Waals surface area contributed by atoms with Gasteiger partial charge in [0, 0.05) is 41.7 Å². The molecule has 1 aliphatic heterocycles. The van der Waals surface area contributed by atoms with Crippen LogP contribution in [0, 0.1) is 0 Å². The van der Waals surface area contributed by atoms with Crippen LogP contribution < -0.4 is 4.74 Å². The van der Waals surface area contributed by atoms with Crippen LogP contribution in [0.4, 0.5) is 0 Å². The third-order valence-electron chi connectivity index (χ3n) is 6.12. The summed E-state index contributed by atoms with van der Waals surface area (Å²) in [6, 6.07) is 18.7. The van der Waals surface area contributed by atoms with Crippen LogP contribution >= 0.6 is 0 Å². The van der Waals surface area contributed by atoms with Gasteiger partial charge in [-0.05, 0) is 47.9 Å². The van der Waals surface area contributed by atoms with Crippen molar-refractivity contribution in [1.82, 2.24) is 4.90 Å². The highest BCUT2D eigenvalue weighted by atomic mass is 16.5. The molecule has 5 heteroatoms. The zero-order chi connectivity index (χ0) is 22.8. The molecule has 3 aromatic carbocycles. The minimum atomic E-state index is 0.000270. The van der Waals surface area contributed by atoms with Gasteiger partial charge in [0.15, 0.2) is 0 Å². The first-order chi connectivity index (χ1) is 16.1. The van der Waals surface area contributed by atoms with Gasteiger partial charge in [0.2, 0.25) is 5.91 Å². The van der Waals surface area contributed by atoms with Crippen molar-refractivity contribution >= 4 is 33.2 Å². The molecule has 5 rings (SSSR count). The maximum Gasteiger partial charge on any atom is 0.247 e. The largest absolute Gasteiger partial charge is 0.493 e. The fourth-order valence-corrected chi connectivity index (χ4v) is 4.36. The van der Waals surface area contributed by atoms with Gasteiger partial charge in [0.1, 0.15) is 11.3 Å². The highest BCUT2D eigenvalue weighted by molar-refractivity contribution is 6.01. The molecule has 1 fully saturated rings. The lowest BCUT2D eigenvalue weighted by Gasteiger charge is -2.26. The van der Waals surface area contributed by atoms with Crippen molar-refractivity contribution in [2.45, 2.75) is 13.8 Å². The smallest absolute Gasteiger partial charge is 0.247 e. The fourth-order valence-electron chi connectivity index (χ4n) is 4.36. The number of carbonyl (C=O) groups is 1. The Balaban J connectivity index is 1.57. The second-order valence-electron chi connectivity index (χ2n) is 8.25. The van der Waals surface area contributed by atoms with E-state index < -0.39 is 0 Å². The van der Waals surface area contributed by atoms with Gasteiger partial charge in [-0.3, -0.25) is 4.79 Å². The van der Waals surface area contributed by atoms with Gasteiger partial charge in [-0.15, -0.1) is 0 Å². The standard InChI is InChI=1S/C28H27NO4/c1-3-32-26-17-27-24(16-23(26)19(2)14-28(30)29-10-12-31-13-11-29)25(18-33-27)22-9-8-20-6-4-5-7-21(20)15-22/h4-9,14-18H,3,10-13H2,1-2H3/b19-14+. The minimum absolute atomic E-state index is 0.000270. The molecular weight excluding hydrogens is 414 g/mol. The third kappa shape index (κ3) is 4.24. The second-order valence-corrected chi connectivity index (χ2v) is 8.25. The molecule has 1 aromatic heterocycles. The summed E-state index contributed by atoms with van der Waals surface area (Å²) in [7, 11) is 0. The molecule has 33 heavy (non-hydrogen) atoms. The number of hydrogen-bond acceptors (Lipinski definition) is 4. The van der Waals surface area contributed by atoms with E-state index in [1.807, 2.05) is 36.9 Å². The molecule has 168 valence electrons. The molecule has 0 aliphatic carbocycles. The van der Waals surface area contributed by atoms with Crippen LogP contribution in [0.25, 0.3) is 38.4 Å². The summed E-state index contributed by atoms with van der Waals surface area (Å²) in [6.45, 7) is 6.84. The van der Waals surface area contributed by atoms with Crippen molar-refractivity contribution in [3.05, 3.63) is 72.5 Å². The number of ether oxygens (including phenoxy) is 2. The van der Waals surface area contributed by atoms with Gasteiger partial charge >= 0.3 is 0 Å². The average Bonchev–Trinajstić information content (AvgIpc) is 3.26. The predicted octanol–water partition coefficient (Wildman–Crippen LogP) is 5.91. The lowest BCUT2D eigenvalue weighted by molar-refractivity contribution is -0.129. The Kier molecular flexibility index (Phi) is 5.88. The number of amides is 1. The molecule has 1 amide bonds. The maximum absolute atomic E-state index is 12.8. The van der Waals surface area contributed by atoms with E-state index in [2.05, 4.69) is 36.4 Å². The van der Waals surface area contributed by atoms with E-state index in [4.69, 9.17) is 13.9 Å². The Morgan fingerprint density at radius 3 is 2.64 bits per heavy atom. The van der Waals surface area contributed by atoms with Crippen molar-refractivity contribution in [2.75, 3.05) is 32.9 Å². The number of rotatable bonds is 5. The molecule has 0 unspecified atom stereocenters. The molecule has 1 saturated heterocycles. The molecule has 0 saturated carbocycles. The second kappa shape index (κ2) is 9.12. The van der Waals surface area contributed by atoms with Gasteiger partial charge in [0.25, 0.3) is 0 Å². The van der Waals surface area contributed by atoms with Crippen LogP contribution in [-0.2, 0) is 9.53 Å². The third-order valence-corrected chi connectivity index (χ3v) is 6.12. The Morgan fingerprint density at radius 1 is 1.06 bits per heavy atom. The van der Waals surface area contributed by atoms with Crippen molar-refractivity contribution in [3.8, 4) is 16.9 Å². The highest BCUT2D eigenvalue weighted by Gasteiger charge is 2.18. The zero-order valence-electron chi connectivity index (χ0n) is 19.0. The number of nitrogens with zero attached hydrogens (tertiary/aromatic N) is 1. The molecule has 5 nitrogen and oxygen atoms in total. The number of allylic oxidation sites excluding steroid dienone is 1. The summed E-state index contributed by atoms with van der Waals surface area (Å²) in [4.78, 5) is 14.6. The SMILES string of the molecule is CCOc1cc2occ(-c3ccc4ccccc4c3)c2cc1/C(C)=C/C(=O)N1CCOCC1. The van der Waals surface area contributed by atoms with Crippen molar-refractivity contribution in [1.29, 1.82) is 0 Å². The Hall–Kier alpha value is -3.57. The van der Waals surface area contributed by atoms with E-state index in [1.54, 1.807) is 12.3 Å². The molecular formula is C28H27NO4. The maximum atomic E-state index is 12.8. The summed E-state index contributed by atoms with van der Waals surface area (Å²) in [5, 5.41) is 3.38. The normalized spacial score (nSPS) is 14.7. The number of hydrogen-bond donors (Lipinski definition) is 0. The molecule has 0 N–H and O–H groups in total. The van der Waals surface area contributed by atoms with Crippen LogP contribution in [0.15, 0.2) is 71.4 Å². The lowest BCUT2D eigenvalue weighted by atomic mass is 9.97. The van der Waals surface area contributed by atoms with E-state index >= 15 is 0 Å². The van der Waals surface area contributed by atoms with Crippen LogP contribution in [0.2, 0.25) is 0 Å². The van der Waals surface area contributed by atoms with Gasteiger partial charge < -0.3 is 18.8 Å². The molecule has 1 aliphatic rings. The molecule has 4 aromatic rings. The van der Waals surface area contributed by atoms with Crippen LogP contribution in [0.5, 0.6) is 5.75 Å². The number of morpholine rings is 1. The number of benzene rings is 3. The number of fused-ring (bicyclic) bond motifs is 2. The fraction of sp³-hybridized carbons (Fsp3) is 0.250. The van der Waals surface area contributed by atoms with Crippen molar-refractivity contribution in [3.63, 3.8) is 0 Å². The van der Waals surface area contributed by atoms with Crippen LogP contribution in [-0.4, -0.2) is 43.7 Å². The van der Waals surface area contributed by atoms with E-state index in [9.17, 15) is 4.79 Å². The first kappa shape index (κ1) is 21.3. The predicted molar refractivity (Wildman–Crippen MR) is 131 cm³/mol. The van der Waals surface area contributed by atoms with E-state index in [0.29, 0.717) is 38.7 Å². The van der Waals surface area contributed by atoms with E-state index in [0.717, 1.165) is 33.2 Å². The summed E-state index contributed by atoms with van der Waals surface area (Å²) >= 11 is 0. The average molecular weight is 442 g/mol. The van der Waals surface area contributed by atoms with Crippen LogP contribution in [0.3, 0.4) is 0 Å². The van der Waals surface area contributed by atoms with Crippen LogP contribution in [0.1, 0.15) is 19.4 Å². The quantitative estimate of drug-likeness (QED) is 0.361. The van der Waals surface area contributed by atoms with Gasteiger partial charge in [-0.1, -0.05) is 36.4 Å². The van der Waals surface area contributed by atoms with Gasteiger partial charge in [-0.2, -0.15) is 0 Å². The zero-order valence-corrected chi connectivity index (χ0v) is 19.0. The first-order valence-corrected chi connectivity index (χ1v) is 11.4. The first-order valence-electron chi connectivity index (χ1n) is 11.4. The Bertz CT molecular complexity index is 1340. The Morgan fingerprint density at radius 2 is 1.85 bits per heavy atom. The number of carbonyl (C=O) groups excluding carboxylic acids is 1. The summed E-state index contributed by atoms with van der Waals surface area (Å²) in [5.41, 5.74) is 4.63. The molecule has 2 heterocycles. The minimum Gasteiger partial charge on any atom is -0.493 e. The topological polar surface area (TPSA) is 51.9 Å². The van der Waals surface area contributed by atoms with Gasteiger partial charge in [0.05, 0.1) is 26.1 Å². The van der Waals surface area contributed by atoms with E-state index in [-0.39, 0.29) is 5.91 Å². The Labute approximate surface area is 193 Å². The van der Waals surface area contributed by atoms with E-state index in [1.165, 1.54) is 10.8 Å². The monoisotopic (exact) mass is 441 g/mol. The molecule has 0 radical (unpaired) electrons. The molecule has 0 bridgehead atoms. The lowest BCUT2D eigenvalue weighted by Crippen LogP contribution is -2.39. The van der Waals surface area contributed by atoms with Crippen molar-refractivity contribution in [2.24, 2.45) is 0 Å². The molecule has 0 atom stereocenters. The summed E-state index contributed by atoms with van der Waals surface area (Å²) in [6.07, 6.45) is 3.50. The highest BCUT2D eigenvalue weighted by Crippen LogP contribution is 2.38. The van der Waals surface area contributed by atoms with Gasteiger partial charge in [-0.25, -0.2) is 0 Å². The molecule has 0 spiro atoms. The summed E-state index contributed by atoms with van der Waals surface area (Å²) in [5.74, 6) is 0.716.